The predicted octanol–water partition coefficient (Wildman–Crippen LogP) is 1.81. The van der Waals surface area contributed by atoms with E-state index in [1.807, 2.05) is 0 Å². The monoisotopic (exact) mass is 310 g/mol. The van der Waals surface area contributed by atoms with Crippen molar-refractivity contribution in [3.05, 3.63) is 18.3 Å². The second-order valence-corrected chi connectivity index (χ2v) is 6.29. The van der Waals surface area contributed by atoms with E-state index in [4.69, 9.17) is 0 Å². The summed E-state index contributed by atoms with van der Waals surface area (Å²) in [5, 5.41) is 0. The zero-order chi connectivity index (χ0) is 14.8. The van der Waals surface area contributed by atoms with Crippen LogP contribution in [0.4, 0.5) is 13.2 Å². The highest BCUT2D eigenvalue weighted by Crippen LogP contribution is 2.22. The van der Waals surface area contributed by atoms with E-state index in [-0.39, 0.29) is 10.8 Å². The van der Waals surface area contributed by atoms with Gasteiger partial charge in [-0.2, -0.15) is 17.5 Å². The highest BCUT2D eigenvalue weighted by molar-refractivity contribution is 7.89. The van der Waals surface area contributed by atoms with Gasteiger partial charge in [-0.3, -0.25) is 0 Å². The molecular formula is C11H13F3N2O3S. The summed E-state index contributed by atoms with van der Waals surface area (Å²) in [6.07, 6.45) is -1.83. The topological polar surface area (TPSA) is 59.5 Å². The third kappa shape index (κ3) is 3.60. The summed E-state index contributed by atoms with van der Waals surface area (Å²) >= 11 is 0. The summed E-state index contributed by atoms with van der Waals surface area (Å²) in [6, 6.07) is 2.32. The molecule has 1 fully saturated rings. The van der Waals surface area contributed by atoms with Crippen molar-refractivity contribution in [2.75, 3.05) is 19.7 Å². The molecule has 0 unspecified atom stereocenters. The molecule has 0 radical (unpaired) electrons. The van der Waals surface area contributed by atoms with E-state index in [1.54, 1.807) is 0 Å². The summed E-state index contributed by atoms with van der Waals surface area (Å²) in [6.45, 7) is -0.554. The summed E-state index contributed by atoms with van der Waals surface area (Å²) in [5.74, 6) is -0.261. The third-order valence-electron chi connectivity index (χ3n) is 2.80. The van der Waals surface area contributed by atoms with E-state index >= 15 is 0 Å². The van der Waals surface area contributed by atoms with Crippen LogP contribution in [-0.2, 0) is 10.0 Å². The largest absolute Gasteiger partial charge is 0.468 e. The number of sulfonamides is 1. The van der Waals surface area contributed by atoms with E-state index < -0.39 is 22.8 Å². The van der Waals surface area contributed by atoms with Crippen LogP contribution in [0, 0.1) is 0 Å². The van der Waals surface area contributed by atoms with Crippen LogP contribution in [0.1, 0.15) is 12.8 Å². The minimum absolute atomic E-state index is 0.0428. The lowest BCUT2D eigenvalue weighted by Crippen LogP contribution is -2.28. The van der Waals surface area contributed by atoms with Crippen LogP contribution >= 0.6 is 0 Å². The Hall–Kier alpha value is -1.35. The smallest absolute Gasteiger partial charge is 0.422 e. The van der Waals surface area contributed by atoms with Gasteiger partial charge in [0.2, 0.25) is 15.9 Å². The van der Waals surface area contributed by atoms with Gasteiger partial charge in [0.05, 0.1) is 6.20 Å². The van der Waals surface area contributed by atoms with Gasteiger partial charge in [-0.1, -0.05) is 0 Å². The Bertz CT molecular complexity index is 551. The van der Waals surface area contributed by atoms with Gasteiger partial charge >= 0.3 is 6.18 Å². The Morgan fingerprint density at radius 2 is 1.90 bits per heavy atom. The minimum Gasteiger partial charge on any atom is -0.468 e. The maximum Gasteiger partial charge on any atom is 0.422 e. The maximum atomic E-state index is 12.1. The van der Waals surface area contributed by atoms with E-state index in [2.05, 4.69) is 9.72 Å². The molecular weight excluding hydrogens is 297 g/mol. The second-order valence-electron chi connectivity index (χ2n) is 4.35. The molecule has 0 spiro atoms. The highest BCUT2D eigenvalue weighted by atomic mass is 32.2. The first-order valence-corrected chi connectivity index (χ1v) is 7.39. The van der Waals surface area contributed by atoms with Crippen LogP contribution in [0.3, 0.4) is 0 Å². The van der Waals surface area contributed by atoms with E-state index in [0.29, 0.717) is 13.1 Å². The molecule has 2 heterocycles. The standard InChI is InChI=1S/C11H13F3N2O3S/c12-11(13,14)8-19-10-4-3-9(7-15-10)20(17,18)16-5-1-2-6-16/h3-4,7H,1-2,5-6,8H2. The molecule has 1 aliphatic rings. The molecule has 0 bridgehead atoms. The number of halogens is 3. The molecule has 1 saturated heterocycles. The Morgan fingerprint density at radius 3 is 2.40 bits per heavy atom. The molecule has 2 rings (SSSR count). The normalized spacial score (nSPS) is 17.4. The molecule has 0 amide bonds. The van der Waals surface area contributed by atoms with Crippen molar-refractivity contribution in [2.45, 2.75) is 23.9 Å². The van der Waals surface area contributed by atoms with E-state index in [0.717, 1.165) is 25.1 Å². The highest BCUT2D eigenvalue weighted by Gasteiger charge is 2.29. The number of hydrogen-bond donors (Lipinski definition) is 0. The number of ether oxygens (including phenoxy) is 1. The zero-order valence-corrected chi connectivity index (χ0v) is 11.2. The fourth-order valence-corrected chi connectivity index (χ4v) is 3.30. The van der Waals surface area contributed by atoms with Crippen molar-refractivity contribution in [1.29, 1.82) is 0 Å². The van der Waals surface area contributed by atoms with Gasteiger partial charge < -0.3 is 4.74 Å². The van der Waals surface area contributed by atoms with Gasteiger partial charge in [0, 0.05) is 19.2 Å². The van der Waals surface area contributed by atoms with Crippen LogP contribution in [-0.4, -0.2) is 43.6 Å². The van der Waals surface area contributed by atoms with Gasteiger partial charge in [0.25, 0.3) is 0 Å². The fraction of sp³-hybridized carbons (Fsp3) is 0.545. The SMILES string of the molecule is O=S(=O)(c1ccc(OCC(F)(F)F)nc1)N1CCCC1. The lowest BCUT2D eigenvalue weighted by Gasteiger charge is -2.15. The number of rotatable bonds is 4. The molecule has 1 aliphatic heterocycles. The van der Waals surface area contributed by atoms with Gasteiger partial charge in [0.1, 0.15) is 4.90 Å². The van der Waals surface area contributed by atoms with Crippen molar-refractivity contribution in [2.24, 2.45) is 0 Å². The number of pyridine rings is 1. The van der Waals surface area contributed by atoms with Crippen molar-refractivity contribution in [3.8, 4) is 5.88 Å². The number of nitrogens with zero attached hydrogens (tertiary/aromatic N) is 2. The molecule has 0 N–H and O–H groups in total. The zero-order valence-electron chi connectivity index (χ0n) is 10.4. The lowest BCUT2D eigenvalue weighted by molar-refractivity contribution is -0.154. The first kappa shape index (κ1) is 15.0. The molecule has 5 nitrogen and oxygen atoms in total. The maximum absolute atomic E-state index is 12.1. The summed E-state index contributed by atoms with van der Waals surface area (Å²) in [4.78, 5) is 3.55. The Morgan fingerprint density at radius 1 is 1.25 bits per heavy atom. The van der Waals surface area contributed by atoms with Crippen molar-refractivity contribution in [1.82, 2.24) is 9.29 Å². The van der Waals surface area contributed by atoms with Crippen LogP contribution in [0.5, 0.6) is 5.88 Å². The molecule has 0 aliphatic carbocycles. The predicted molar refractivity (Wildman–Crippen MR) is 63.8 cm³/mol. The molecule has 9 heteroatoms. The van der Waals surface area contributed by atoms with Gasteiger partial charge in [-0.05, 0) is 18.9 Å². The van der Waals surface area contributed by atoms with Crippen LogP contribution in [0.15, 0.2) is 23.2 Å². The van der Waals surface area contributed by atoms with Crippen molar-refractivity contribution < 1.29 is 26.3 Å². The Kier molecular flexibility index (Phi) is 4.19. The van der Waals surface area contributed by atoms with Crippen molar-refractivity contribution >= 4 is 10.0 Å². The molecule has 1 aromatic heterocycles. The lowest BCUT2D eigenvalue weighted by atomic mass is 10.4. The summed E-state index contributed by atoms with van der Waals surface area (Å²) in [5.41, 5.74) is 0. The summed E-state index contributed by atoms with van der Waals surface area (Å²) in [7, 11) is -3.61. The number of hydrogen-bond acceptors (Lipinski definition) is 4. The summed E-state index contributed by atoms with van der Waals surface area (Å²) < 4.78 is 65.9. The minimum atomic E-state index is -4.46. The quantitative estimate of drug-likeness (QED) is 0.851. The first-order chi connectivity index (χ1) is 9.29. The molecule has 112 valence electrons. The number of aromatic nitrogens is 1. The Balaban J connectivity index is 2.08. The molecule has 1 aromatic rings. The van der Waals surface area contributed by atoms with Gasteiger partial charge in [0.15, 0.2) is 6.61 Å². The van der Waals surface area contributed by atoms with Gasteiger partial charge in [-0.15, -0.1) is 0 Å². The van der Waals surface area contributed by atoms with E-state index in [9.17, 15) is 21.6 Å². The molecule has 0 saturated carbocycles. The van der Waals surface area contributed by atoms with Crippen LogP contribution in [0.2, 0.25) is 0 Å². The Labute approximate surface area is 114 Å². The fourth-order valence-electron chi connectivity index (χ4n) is 1.84. The molecule has 20 heavy (non-hydrogen) atoms. The van der Waals surface area contributed by atoms with E-state index in [1.165, 1.54) is 10.4 Å². The van der Waals surface area contributed by atoms with Crippen LogP contribution in [0.25, 0.3) is 0 Å². The average molecular weight is 310 g/mol. The average Bonchev–Trinajstić information content (AvgIpc) is 2.90. The van der Waals surface area contributed by atoms with Gasteiger partial charge in [-0.25, -0.2) is 13.4 Å². The molecule has 0 aromatic carbocycles. The number of alkyl halides is 3. The first-order valence-electron chi connectivity index (χ1n) is 5.95. The second kappa shape index (κ2) is 5.57. The third-order valence-corrected chi connectivity index (χ3v) is 4.68. The van der Waals surface area contributed by atoms with Crippen LogP contribution < -0.4 is 4.74 Å². The van der Waals surface area contributed by atoms with Crippen molar-refractivity contribution in [3.63, 3.8) is 0 Å². The molecule has 0 atom stereocenters.